The van der Waals surface area contributed by atoms with E-state index in [4.69, 9.17) is 13.8 Å². The quantitative estimate of drug-likeness (QED) is 0.0776. The van der Waals surface area contributed by atoms with Crippen LogP contribution in [0.3, 0.4) is 0 Å². The van der Waals surface area contributed by atoms with E-state index in [1.807, 2.05) is 65.8 Å². The van der Waals surface area contributed by atoms with Crippen molar-refractivity contribution in [2.75, 3.05) is 39.5 Å². The van der Waals surface area contributed by atoms with Gasteiger partial charge in [0.15, 0.2) is 0 Å². The molecular formula is C26H51B2NO7S. The lowest BCUT2D eigenvalue weighted by atomic mass is 9.72. The van der Waals surface area contributed by atoms with Crippen molar-refractivity contribution in [2.45, 2.75) is 74.1 Å². The Bertz CT molecular complexity index is 686. The topological polar surface area (TPSA) is 112 Å². The molecule has 2 rings (SSSR count). The second kappa shape index (κ2) is 25.4. The Morgan fingerprint density at radius 1 is 0.757 bits per heavy atom. The van der Waals surface area contributed by atoms with E-state index >= 15 is 0 Å². The Labute approximate surface area is 231 Å². The third-order valence-electron chi connectivity index (χ3n) is 5.33. The molecule has 2 aliphatic rings. The van der Waals surface area contributed by atoms with Gasteiger partial charge < -0.3 is 29.6 Å². The molecule has 0 saturated carbocycles. The number of allylic oxidation sites excluding steroid dienone is 4. The molecule has 0 aromatic carbocycles. The monoisotopic (exact) mass is 543 g/mol. The molecule has 2 aliphatic carbocycles. The molecule has 214 valence electrons. The number of hydroxylamine groups is 2. The summed E-state index contributed by atoms with van der Waals surface area (Å²) in [5.41, 5.74) is 2.62. The van der Waals surface area contributed by atoms with Crippen molar-refractivity contribution < 1.29 is 33.9 Å². The van der Waals surface area contributed by atoms with Crippen LogP contribution in [-0.2, 0) is 13.8 Å². The van der Waals surface area contributed by atoms with E-state index in [1.165, 1.54) is 0 Å². The fourth-order valence-electron chi connectivity index (χ4n) is 3.48. The van der Waals surface area contributed by atoms with Crippen LogP contribution in [0.15, 0.2) is 46.4 Å². The molecule has 0 heterocycles. The molecule has 0 aromatic rings. The molecule has 1 unspecified atom stereocenters. The fraction of sp³-hybridized carbons (Fsp3) is 0.692. The van der Waals surface area contributed by atoms with Crippen molar-refractivity contribution in [3.8, 4) is 0 Å². The van der Waals surface area contributed by atoms with E-state index in [9.17, 15) is 20.1 Å². The molecule has 0 saturated heterocycles. The number of hydrogen-bond acceptors (Lipinski definition) is 9. The summed E-state index contributed by atoms with van der Waals surface area (Å²) in [4.78, 5) is 0. The summed E-state index contributed by atoms with van der Waals surface area (Å²) < 4.78 is 16.4. The van der Waals surface area contributed by atoms with Crippen molar-refractivity contribution in [2.24, 2.45) is 5.92 Å². The Kier molecular flexibility index (Phi) is 26.3. The van der Waals surface area contributed by atoms with E-state index in [0.29, 0.717) is 56.4 Å². The zero-order valence-electron chi connectivity index (χ0n) is 24.0. The molecule has 4 N–H and O–H groups in total. The maximum Gasteiger partial charge on any atom is 0.488 e. The van der Waals surface area contributed by atoms with Gasteiger partial charge in [0, 0.05) is 13.1 Å². The van der Waals surface area contributed by atoms with Gasteiger partial charge in [-0.15, -0.1) is 0 Å². The Morgan fingerprint density at radius 3 is 1.68 bits per heavy atom. The molecule has 8 nitrogen and oxygen atoms in total. The fourth-order valence-corrected chi connectivity index (χ4v) is 3.64. The Hall–Kier alpha value is -0.880. The van der Waals surface area contributed by atoms with Gasteiger partial charge in [0.2, 0.25) is 0 Å². The number of ether oxygens (including phenoxy) is 2. The molecule has 0 aromatic heterocycles. The first-order chi connectivity index (χ1) is 17.9. The second-order valence-corrected chi connectivity index (χ2v) is 7.96. The molecule has 1 atom stereocenters. The van der Waals surface area contributed by atoms with Crippen LogP contribution in [0.25, 0.3) is 0 Å². The Balaban J connectivity index is 0. The van der Waals surface area contributed by atoms with Crippen molar-refractivity contribution >= 4 is 27.1 Å². The van der Waals surface area contributed by atoms with Crippen molar-refractivity contribution in [3.63, 3.8) is 0 Å². The van der Waals surface area contributed by atoms with Crippen molar-refractivity contribution in [1.82, 2.24) is 5.06 Å². The first-order valence-electron chi connectivity index (χ1n) is 13.7. The van der Waals surface area contributed by atoms with Gasteiger partial charge >= 0.3 is 14.2 Å². The number of rotatable bonds is 13. The minimum absolute atomic E-state index is 0.292. The number of nitrogens with zero attached hydrogens (tertiary/aromatic N) is 1. The highest BCUT2D eigenvalue weighted by atomic mass is 32.1. The molecule has 0 aliphatic heterocycles. The van der Waals surface area contributed by atoms with E-state index in [-0.39, 0.29) is 0 Å². The van der Waals surface area contributed by atoms with Crippen LogP contribution in [0.2, 0.25) is 0 Å². The first-order valence-corrected chi connectivity index (χ1v) is 14.0. The SMILES string of the molecule is CC.CC.CC.CC1CC=C(COCCN(CCOCC2=CCCC=C2B(O)O)OS)C(B(O)O)=CC1. The molecule has 0 amide bonds. The molecular weight excluding hydrogens is 492 g/mol. The maximum atomic E-state index is 9.61. The lowest BCUT2D eigenvalue weighted by Crippen LogP contribution is -2.29. The lowest BCUT2D eigenvalue weighted by molar-refractivity contribution is -0.0673. The van der Waals surface area contributed by atoms with Gasteiger partial charge in [-0.2, -0.15) is 5.06 Å². The zero-order chi connectivity index (χ0) is 28.6. The van der Waals surface area contributed by atoms with Crippen LogP contribution in [0, 0.1) is 5.92 Å². The summed E-state index contributed by atoms with van der Waals surface area (Å²) in [7, 11) is -2.99. The van der Waals surface area contributed by atoms with E-state index < -0.39 is 14.2 Å². The van der Waals surface area contributed by atoms with Crippen LogP contribution >= 0.6 is 12.9 Å². The maximum absolute atomic E-state index is 9.61. The Morgan fingerprint density at radius 2 is 1.19 bits per heavy atom. The standard InChI is InChI=1S/C20H33B2NO7S.3C2H6/c1-16-6-8-18(20(9-7-16)22(26)27)15-29-13-11-23(30-31)10-12-28-14-17-4-2-3-5-19(17)21(24)25;3*1-2/h4-5,8-9,16,24-27,31H,2-3,6-7,10-15H2,1H3;3*1-2H3. The first kappa shape index (κ1) is 38.3. The number of thiol groups is 1. The molecule has 0 spiro atoms. The summed E-state index contributed by atoms with van der Waals surface area (Å²) in [6.07, 6.45) is 11.0. The van der Waals surface area contributed by atoms with Crippen molar-refractivity contribution in [3.05, 3.63) is 46.4 Å². The molecule has 0 fully saturated rings. The normalized spacial score (nSPS) is 16.7. The van der Waals surface area contributed by atoms with E-state index in [0.717, 1.165) is 36.8 Å². The smallest absolute Gasteiger partial charge is 0.423 e. The van der Waals surface area contributed by atoms with Crippen molar-refractivity contribution in [1.29, 1.82) is 0 Å². The van der Waals surface area contributed by atoms with Crippen LogP contribution in [0.1, 0.15) is 74.1 Å². The number of hydrogen-bond donors (Lipinski definition) is 5. The van der Waals surface area contributed by atoms with E-state index in [1.54, 1.807) is 5.06 Å². The predicted molar refractivity (Wildman–Crippen MR) is 158 cm³/mol. The summed E-state index contributed by atoms with van der Waals surface area (Å²) >= 11 is 3.87. The van der Waals surface area contributed by atoms with Gasteiger partial charge in [0.05, 0.1) is 26.4 Å². The van der Waals surface area contributed by atoms with Crippen LogP contribution in [0.5, 0.6) is 0 Å². The van der Waals surface area contributed by atoms with Gasteiger partial charge in [0.25, 0.3) is 0 Å². The van der Waals surface area contributed by atoms with Crippen LogP contribution < -0.4 is 0 Å². The summed E-state index contributed by atoms with van der Waals surface area (Å²) in [6, 6.07) is 0. The van der Waals surface area contributed by atoms with Crippen LogP contribution in [0.4, 0.5) is 0 Å². The highest BCUT2D eigenvalue weighted by molar-refractivity contribution is 7.75. The highest BCUT2D eigenvalue weighted by Gasteiger charge is 2.22. The molecule has 0 bridgehead atoms. The second-order valence-electron chi connectivity index (χ2n) is 7.79. The van der Waals surface area contributed by atoms with Gasteiger partial charge in [-0.3, -0.25) is 0 Å². The highest BCUT2D eigenvalue weighted by Crippen LogP contribution is 2.23. The van der Waals surface area contributed by atoms with Gasteiger partial charge in [-0.25, -0.2) is 4.28 Å². The zero-order valence-corrected chi connectivity index (χ0v) is 24.9. The average molecular weight is 543 g/mol. The van der Waals surface area contributed by atoms with Gasteiger partial charge in [0.1, 0.15) is 0 Å². The van der Waals surface area contributed by atoms with Crippen LogP contribution in [-0.4, -0.2) is 78.9 Å². The largest absolute Gasteiger partial charge is 0.488 e. The van der Waals surface area contributed by atoms with Gasteiger partial charge in [-0.1, -0.05) is 72.8 Å². The summed E-state index contributed by atoms with van der Waals surface area (Å²) in [5.74, 6) is 0.455. The van der Waals surface area contributed by atoms with Gasteiger partial charge in [-0.05, 0) is 66.6 Å². The third kappa shape index (κ3) is 16.6. The molecule has 0 radical (unpaired) electrons. The van der Waals surface area contributed by atoms with E-state index in [2.05, 4.69) is 19.8 Å². The summed E-state index contributed by atoms with van der Waals surface area (Å²) in [6.45, 7) is 16.4. The third-order valence-corrected chi connectivity index (χ3v) is 5.56. The molecule has 37 heavy (non-hydrogen) atoms. The predicted octanol–water partition coefficient (Wildman–Crippen LogP) is 4.13. The summed E-state index contributed by atoms with van der Waals surface area (Å²) in [5, 5.41) is 39.7. The lowest BCUT2D eigenvalue weighted by Gasteiger charge is -2.20. The minimum Gasteiger partial charge on any atom is -0.423 e. The average Bonchev–Trinajstić information content (AvgIpc) is 3.12. The minimum atomic E-state index is -1.50. The molecule has 11 heteroatoms.